The van der Waals surface area contributed by atoms with Gasteiger partial charge in [0.15, 0.2) is 0 Å². The molecule has 0 saturated carbocycles. The van der Waals surface area contributed by atoms with Gasteiger partial charge in [0.25, 0.3) is 0 Å². The van der Waals surface area contributed by atoms with Gasteiger partial charge in [-0.25, -0.2) is 14.2 Å². The Balaban J connectivity index is 0.000000423. The SMILES string of the molecule is CCOP(=O)(OCC)OCC.O=C(O)c1ccccc1C(=O)O. The molecule has 0 spiro atoms. The molecule has 8 nitrogen and oxygen atoms in total. The molecule has 0 heterocycles. The maximum absolute atomic E-state index is 11.3. The molecule has 2 N–H and O–H groups in total. The molecule has 0 aliphatic carbocycles. The van der Waals surface area contributed by atoms with Crippen LogP contribution in [0.5, 0.6) is 0 Å². The summed E-state index contributed by atoms with van der Waals surface area (Å²) in [5.41, 5.74) is -0.380. The van der Waals surface area contributed by atoms with E-state index in [1.54, 1.807) is 20.8 Å². The van der Waals surface area contributed by atoms with Crippen LogP contribution in [0.3, 0.4) is 0 Å². The topological polar surface area (TPSA) is 119 Å². The van der Waals surface area contributed by atoms with Gasteiger partial charge in [-0.3, -0.25) is 13.6 Å². The van der Waals surface area contributed by atoms with Gasteiger partial charge >= 0.3 is 19.8 Å². The number of carboxylic acids is 2. The number of aromatic carboxylic acids is 2. The van der Waals surface area contributed by atoms with Crippen molar-refractivity contribution in [2.45, 2.75) is 20.8 Å². The van der Waals surface area contributed by atoms with Crippen LogP contribution in [0.1, 0.15) is 41.5 Å². The van der Waals surface area contributed by atoms with E-state index in [1.807, 2.05) is 0 Å². The molecular formula is C14H21O8P. The van der Waals surface area contributed by atoms with E-state index in [0.29, 0.717) is 19.8 Å². The third-order valence-electron chi connectivity index (χ3n) is 2.25. The molecule has 1 rings (SSSR count). The van der Waals surface area contributed by atoms with Crippen LogP contribution >= 0.6 is 7.82 Å². The Bertz CT molecular complexity index is 501. The van der Waals surface area contributed by atoms with E-state index < -0.39 is 19.8 Å². The van der Waals surface area contributed by atoms with Crippen LogP contribution in [0, 0.1) is 0 Å². The van der Waals surface area contributed by atoms with Crippen molar-refractivity contribution in [3.05, 3.63) is 35.4 Å². The van der Waals surface area contributed by atoms with Gasteiger partial charge in [0, 0.05) is 0 Å². The molecule has 9 heteroatoms. The van der Waals surface area contributed by atoms with E-state index in [2.05, 4.69) is 0 Å². The molecule has 0 aliphatic rings. The zero-order chi connectivity index (χ0) is 17.9. The Morgan fingerprint density at radius 3 is 1.39 bits per heavy atom. The number of phosphoric acid groups is 1. The Kier molecular flexibility index (Phi) is 10.1. The first-order valence-corrected chi connectivity index (χ1v) is 8.36. The second-order valence-electron chi connectivity index (χ2n) is 3.86. The number of hydrogen-bond acceptors (Lipinski definition) is 6. The minimum absolute atomic E-state index is 0.190. The molecule has 23 heavy (non-hydrogen) atoms. The minimum atomic E-state index is -3.22. The van der Waals surface area contributed by atoms with Gasteiger partial charge < -0.3 is 10.2 Å². The maximum atomic E-state index is 11.3. The minimum Gasteiger partial charge on any atom is -0.478 e. The number of rotatable bonds is 8. The number of hydrogen-bond donors (Lipinski definition) is 2. The Hall–Kier alpha value is -1.73. The summed E-state index contributed by atoms with van der Waals surface area (Å²) in [4.78, 5) is 20.9. The third kappa shape index (κ3) is 7.90. The predicted molar refractivity (Wildman–Crippen MR) is 82.8 cm³/mol. The van der Waals surface area contributed by atoms with Crippen LogP contribution in [0.15, 0.2) is 24.3 Å². The lowest BCUT2D eigenvalue weighted by molar-refractivity contribution is 0.0651. The highest BCUT2D eigenvalue weighted by Gasteiger charge is 2.23. The Labute approximate surface area is 134 Å². The lowest BCUT2D eigenvalue weighted by Crippen LogP contribution is -2.06. The zero-order valence-electron chi connectivity index (χ0n) is 13.2. The summed E-state index contributed by atoms with van der Waals surface area (Å²) in [6, 6.07) is 5.48. The first kappa shape index (κ1) is 21.3. The summed E-state index contributed by atoms with van der Waals surface area (Å²) in [5.74, 6) is -2.46. The van der Waals surface area contributed by atoms with Crippen molar-refractivity contribution in [2.24, 2.45) is 0 Å². The number of benzene rings is 1. The number of carbonyl (C=O) groups is 2. The molecule has 0 atom stereocenters. The lowest BCUT2D eigenvalue weighted by atomic mass is 10.1. The van der Waals surface area contributed by atoms with E-state index in [-0.39, 0.29) is 11.1 Å². The molecule has 0 bridgehead atoms. The predicted octanol–water partition coefficient (Wildman–Crippen LogP) is 3.29. The molecule has 0 saturated heterocycles. The van der Waals surface area contributed by atoms with Gasteiger partial charge in [0.2, 0.25) is 0 Å². The van der Waals surface area contributed by atoms with Crippen LogP contribution in [0.4, 0.5) is 0 Å². The van der Waals surface area contributed by atoms with Crippen molar-refractivity contribution < 1.29 is 37.9 Å². The van der Waals surface area contributed by atoms with Gasteiger partial charge in [0.1, 0.15) is 0 Å². The van der Waals surface area contributed by atoms with Crippen molar-refractivity contribution in [1.82, 2.24) is 0 Å². The zero-order valence-corrected chi connectivity index (χ0v) is 14.1. The van der Waals surface area contributed by atoms with Crippen LogP contribution in [-0.4, -0.2) is 42.0 Å². The second-order valence-corrected chi connectivity index (χ2v) is 5.53. The average Bonchev–Trinajstić information content (AvgIpc) is 2.48. The number of carboxylic acid groups (broad SMARTS) is 2. The van der Waals surface area contributed by atoms with Crippen LogP contribution in [-0.2, 0) is 18.1 Å². The van der Waals surface area contributed by atoms with Crippen molar-refractivity contribution in [2.75, 3.05) is 19.8 Å². The Morgan fingerprint density at radius 2 is 1.17 bits per heavy atom. The van der Waals surface area contributed by atoms with Gasteiger partial charge in [-0.15, -0.1) is 0 Å². The highest BCUT2D eigenvalue weighted by Crippen LogP contribution is 2.48. The van der Waals surface area contributed by atoms with Crippen LogP contribution in [0.25, 0.3) is 0 Å². The smallest absolute Gasteiger partial charge is 0.474 e. The Morgan fingerprint density at radius 1 is 0.870 bits per heavy atom. The standard InChI is InChI=1S/C8H6O4.C6H15O4P/c9-7(10)5-3-1-2-4-6(5)8(11)12;1-4-8-11(7,9-5-2)10-6-3/h1-4H,(H,9,10)(H,11,12);4-6H2,1-3H3. The van der Waals surface area contributed by atoms with Crippen molar-refractivity contribution in [3.8, 4) is 0 Å². The molecule has 130 valence electrons. The highest BCUT2D eigenvalue weighted by molar-refractivity contribution is 7.48. The van der Waals surface area contributed by atoms with E-state index in [9.17, 15) is 14.2 Å². The summed E-state index contributed by atoms with van der Waals surface area (Å²) in [7, 11) is -3.22. The first-order chi connectivity index (χ1) is 10.8. The summed E-state index contributed by atoms with van der Waals surface area (Å²) in [6.07, 6.45) is 0. The summed E-state index contributed by atoms with van der Waals surface area (Å²) < 4.78 is 25.8. The molecule has 0 aromatic heterocycles. The fraction of sp³-hybridized carbons (Fsp3) is 0.429. The molecule has 0 amide bonds. The normalized spacial score (nSPS) is 10.6. The lowest BCUT2D eigenvalue weighted by Gasteiger charge is -2.14. The molecule has 0 aliphatic heterocycles. The van der Waals surface area contributed by atoms with Gasteiger partial charge in [0.05, 0.1) is 30.9 Å². The van der Waals surface area contributed by atoms with Gasteiger partial charge in [-0.1, -0.05) is 12.1 Å². The molecular weight excluding hydrogens is 327 g/mol. The third-order valence-corrected chi connectivity index (χ3v) is 3.97. The first-order valence-electron chi connectivity index (χ1n) is 6.90. The van der Waals surface area contributed by atoms with Crippen molar-refractivity contribution >= 4 is 19.8 Å². The van der Waals surface area contributed by atoms with Crippen molar-refractivity contribution in [1.29, 1.82) is 0 Å². The second kappa shape index (κ2) is 10.9. The fourth-order valence-electron chi connectivity index (χ4n) is 1.44. The van der Waals surface area contributed by atoms with E-state index in [4.69, 9.17) is 23.8 Å². The van der Waals surface area contributed by atoms with Crippen LogP contribution in [0.2, 0.25) is 0 Å². The largest absolute Gasteiger partial charge is 0.478 e. The summed E-state index contributed by atoms with van der Waals surface area (Å²) >= 11 is 0. The van der Waals surface area contributed by atoms with Crippen LogP contribution < -0.4 is 0 Å². The molecule has 1 aromatic rings. The molecule has 1 aromatic carbocycles. The van der Waals surface area contributed by atoms with Gasteiger partial charge in [-0.05, 0) is 32.9 Å². The molecule has 0 fully saturated rings. The highest BCUT2D eigenvalue weighted by atomic mass is 31.2. The van der Waals surface area contributed by atoms with E-state index in [1.165, 1.54) is 24.3 Å². The number of phosphoric ester groups is 1. The van der Waals surface area contributed by atoms with Crippen molar-refractivity contribution in [3.63, 3.8) is 0 Å². The quantitative estimate of drug-likeness (QED) is 0.687. The molecule has 0 radical (unpaired) electrons. The fourth-order valence-corrected chi connectivity index (χ4v) is 2.61. The van der Waals surface area contributed by atoms with E-state index in [0.717, 1.165) is 0 Å². The van der Waals surface area contributed by atoms with E-state index >= 15 is 0 Å². The summed E-state index contributed by atoms with van der Waals surface area (Å²) in [6.45, 7) is 6.21. The average molecular weight is 348 g/mol. The monoisotopic (exact) mass is 348 g/mol. The van der Waals surface area contributed by atoms with Gasteiger partial charge in [-0.2, -0.15) is 0 Å². The molecule has 0 unspecified atom stereocenters. The maximum Gasteiger partial charge on any atom is 0.474 e. The summed E-state index contributed by atoms with van der Waals surface area (Å²) in [5, 5.41) is 17.1.